The molecule has 0 amide bonds. The molecule has 0 radical (unpaired) electrons. The molecular weight excluding hydrogens is 330 g/mol. The van der Waals surface area contributed by atoms with Crippen molar-refractivity contribution < 1.29 is 4.42 Å². The van der Waals surface area contributed by atoms with E-state index in [4.69, 9.17) is 10.2 Å². The van der Waals surface area contributed by atoms with Gasteiger partial charge in [0.1, 0.15) is 23.3 Å². The molecule has 8 heteroatoms. The van der Waals surface area contributed by atoms with Crippen molar-refractivity contribution in [2.75, 3.05) is 23.7 Å². The Bertz CT molecular complexity index is 1070. The van der Waals surface area contributed by atoms with Crippen LogP contribution in [0.1, 0.15) is 24.7 Å². The van der Waals surface area contributed by atoms with Gasteiger partial charge in [-0.3, -0.25) is 4.57 Å². The molecule has 0 aliphatic carbocycles. The predicted octanol–water partition coefficient (Wildman–Crippen LogP) is 2.70. The highest BCUT2D eigenvalue weighted by Crippen LogP contribution is 2.34. The van der Waals surface area contributed by atoms with Crippen molar-refractivity contribution in [2.24, 2.45) is 0 Å². The molecule has 1 saturated heterocycles. The van der Waals surface area contributed by atoms with Crippen LogP contribution in [0, 0.1) is 6.92 Å². The molecule has 0 bridgehead atoms. The largest absolute Gasteiger partial charge is 0.450 e. The quantitative estimate of drug-likeness (QED) is 0.594. The van der Waals surface area contributed by atoms with Crippen LogP contribution in [0.15, 0.2) is 35.0 Å². The predicted molar refractivity (Wildman–Crippen MR) is 99.0 cm³/mol. The summed E-state index contributed by atoms with van der Waals surface area (Å²) in [4.78, 5) is 11.2. The van der Waals surface area contributed by atoms with Gasteiger partial charge < -0.3 is 15.1 Å². The number of hydrogen-bond donors (Lipinski definition) is 1. The van der Waals surface area contributed by atoms with E-state index >= 15 is 0 Å². The molecule has 1 aliphatic heterocycles. The molecule has 1 aliphatic rings. The molecule has 5 rings (SSSR count). The highest BCUT2D eigenvalue weighted by atomic mass is 16.3. The van der Waals surface area contributed by atoms with Crippen LogP contribution in [-0.4, -0.2) is 37.8 Å². The van der Waals surface area contributed by atoms with Crippen molar-refractivity contribution >= 4 is 33.8 Å². The maximum absolute atomic E-state index is 6.06. The summed E-state index contributed by atoms with van der Waals surface area (Å²) in [5, 5.41) is 9.07. The number of furan rings is 1. The minimum atomic E-state index is 0.314. The minimum Gasteiger partial charge on any atom is -0.450 e. The van der Waals surface area contributed by atoms with Gasteiger partial charge in [-0.05, 0) is 31.9 Å². The molecule has 4 aromatic rings. The molecule has 4 heterocycles. The Labute approximate surface area is 149 Å². The zero-order chi connectivity index (χ0) is 17.7. The summed E-state index contributed by atoms with van der Waals surface area (Å²) in [7, 11) is 0. The number of nitrogens with two attached hydrogens (primary N) is 1. The number of aromatic nitrogens is 5. The third-order valence-electron chi connectivity index (χ3n) is 5.16. The smallest absolute Gasteiger partial charge is 0.222 e. The monoisotopic (exact) mass is 349 g/mol. The number of benzene rings is 1. The number of para-hydroxylation sites is 1. The summed E-state index contributed by atoms with van der Waals surface area (Å²) in [6, 6.07) is 8.27. The lowest BCUT2D eigenvalue weighted by molar-refractivity contribution is 0.392. The van der Waals surface area contributed by atoms with Gasteiger partial charge in [-0.15, -0.1) is 10.2 Å². The molecule has 0 atom stereocenters. The molecule has 0 spiro atoms. The van der Waals surface area contributed by atoms with Crippen LogP contribution in [-0.2, 0) is 0 Å². The Balaban J connectivity index is 1.47. The summed E-state index contributed by atoms with van der Waals surface area (Å²) in [5.41, 5.74) is 8.44. The van der Waals surface area contributed by atoms with E-state index in [1.54, 1.807) is 6.33 Å². The van der Waals surface area contributed by atoms with E-state index in [1.165, 1.54) is 0 Å². The SMILES string of the molecule is Cc1nnc(N)n1C1CCN(c2ncnc3c2oc2ccccc23)CC1. The van der Waals surface area contributed by atoms with Crippen LogP contribution in [0.25, 0.3) is 22.1 Å². The van der Waals surface area contributed by atoms with Crippen molar-refractivity contribution in [3.63, 3.8) is 0 Å². The fourth-order valence-corrected chi connectivity index (χ4v) is 3.91. The average Bonchev–Trinajstić information content (AvgIpc) is 3.21. The van der Waals surface area contributed by atoms with Gasteiger partial charge in [0, 0.05) is 24.5 Å². The van der Waals surface area contributed by atoms with E-state index in [0.717, 1.165) is 59.6 Å². The first kappa shape index (κ1) is 15.1. The van der Waals surface area contributed by atoms with Gasteiger partial charge in [-0.25, -0.2) is 9.97 Å². The van der Waals surface area contributed by atoms with E-state index in [9.17, 15) is 0 Å². The van der Waals surface area contributed by atoms with Crippen LogP contribution in [0.2, 0.25) is 0 Å². The summed E-state index contributed by atoms with van der Waals surface area (Å²) in [6.07, 6.45) is 3.53. The van der Waals surface area contributed by atoms with Gasteiger partial charge in [0.15, 0.2) is 11.4 Å². The number of hydrogen-bond acceptors (Lipinski definition) is 7. The first-order valence-corrected chi connectivity index (χ1v) is 8.76. The number of fused-ring (bicyclic) bond motifs is 3. The molecule has 1 fully saturated rings. The van der Waals surface area contributed by atoms with E-state index in [2.05, 4.69) is 25.1 Å². The van der Waals surface area contributed by atoms with Gasteiger partial charge in [-0.1, -0.05) is 12.1 Å². The van der Waals surface area contributed by atoms with Crippen molar-refractivity contribution in [1.82, 2.24) is 24.7 Å². The zero-order valence-corrected chi connectivity index (χ0v) is 14.5. The second kappa shape index (κ2) is 5.69. The lowest BCUT2D eigenvalue weighted by atomic mass is 10.0. The first-order chi connectivity index (χ1) is 12.7. The second-order valence-corrected chi connectivity index (χ2v) is 6.67. The lowest BCUT2D eigenvalue weighted by Crippen LogP contribution is -2.35. The highest BCUT2D eigenvalue weighted by Gasteiger charge is 2.26. The molecule has 2 N–H and O–H groups in total. The number of anilines is 2. The summed E-state index contributed by atoms with van der Waals surface area (Å²) in [5.74, 6) is 2.21. The third-order valence-corrected chi connectivity index (χ3v) is 5.16. The van der Waals surface area contributed by atoms with Crippen molar-refractivity contribution in [3.05, 3.63) is 36.4 Å². The Morgan fingerprint density at radius 2 is 1.92 bits per heavy atom. The first-order valence-electron chi connectivity index (χ1n) is 8.76. The number of nitrogens with zero attached hydrogens (tertiary/aromatic N) is 6. The van der Waals surface area contributed by atoms with E-state index in [-0.39, 0.29) is 0 Å². The van der Waals surface area contributed by atoms with E-state index < -0.39 is 0 Å². The lowest BCUT2D eigenvalue weighted by Gasteiger charge is -2.33. The Morgan fingerprint density at radius 3 is 2.69 bits per heavy atom. The van der Waals surface area contributed by atoms with E-state index in [1.807, 2.05) is 35.8 Å². The average molecular weight is 349 g/mol. The summed E-state index contributed by atoms with van der Waals surface area (Å²) < 4.78 is 8.10. The molecule has 0 unspecified atom stereocenters. The molecule has 3 aromatic heterocycles. The van der Waals surface area contributed by atoms with Gasteiger partial charge in [0.2, 0.25) is 5.95 Å². The number of piperidine rings is 1. The molecular formula is C18H19N7O. The highest BCUT2D eigenvalue weighted by molar-refractivity contribution is 6.05. The molecule has 1 aromatic carbocycles. The number of aryl methyl sites for hydroxylation is 1. The molecule has 132 valence electrons. The van der Waals surface area contributed by atoms with Crippen LogP contribution in [0.5, 0.6) is 0 Å². The maximum atomic E-state index is 6.06. The van der Waals surface area contributed by atoms with Crippen LogP contribution < -0.4 is 10.6 Å². The van der Waals surface area contributed by atoms with Crippen molar-refractivity contribution in [1.29, 1.82) is 0 Å². The Kier molecular flexibility index (Phi) is 3.31. The van der Waals surface area contributed by atoms with Gasteiger partial charge in [0.05, 0.1) is 0 Å². The van der Waals surface area contributed by atoms with Crippen LogP contribution >= 0.6 is 0 Å². The minimum absolute atomic E-state index is 0.314. The second-order valence-electron chi connectivity index (χ2n) is 6.67. The Morgan fingerprint density at radius 1 is 1.12 bits per heavy atom. The Hall–Kier alpha value is -3.16. The number of rotatable bonds is 2. The van der Waals surface area contributed by atoms with Gasteiger partial charge >= 0.3 is 0 Å². The summed E-state index contributed by atoms with van der Waals surface area (Å²) >= 11 is 0. The topological polar surface area (TPSA) is 98.9 Å². The van der Waals surface area contributed by atoms with Crippen molar-refractivity contribution in [2.45, 2.75) is 25.8 Å². The zero-order valence-electron chi connectivity index (χ0n) is 14.5. The maximum Gasteiger partial charge on any atom is 0.222 e. The van der Waals surface area contributed by atoms with E-state index in [0.29, 0.717) is 12.0 Å². The summed E-state index contributed by atoms with van der Waals surface area (Å²) in [6.45, 7) is 3.67. The van der Waals surface area contributed by atoms with Crippen LogP contribution in [0.4, 0.5) is 11.8 Å². The molecule has 8 nitrogen and oxygen atoms in total. The fourth-order valence-electron chi connectivity index (χ4n) is 3.91. The van der Waals surface area contributed by atoms with Gasteiger partial charge in [0.25, 0.3) is 0 Å². The van der Waals surface area contributed by atoms with Gasteiger partial charge in [-0.2, -0.15) is 0 Å². The molecule has 26 heavy (non-hydrogen) atoms. The third kappa shape index (κ3) is 2.22. The van der Waals surface area contributed by atoms with Crippen LogP contribution in [0.3, 0.4) is 0 Å². The molecule has 0 saturated carbocycles. The number of nitrogen functional groups attached to an aromatic ring is 1. The van der Waals surface area contributed by atoms with Crippen molar-refractivity contribution in [3.8, 4) is 0 Å². The standard InChI is InChI=1S/C18H19N7O/c1-11-22-23-18(19)25(11)12-6-8-24(9-7-12)17-16-15(20-10-21-17)13-4-2-3-5-14(13)26-16/h2-5,10,12H,6-9H2,1H3,(H2,19,23). The fraction of sp³-hybridized carbons (Fsp3) is 0.333. The normalized spacial score (nSPS) is 16.0.